The molecule has 0 spiro atoms. The highest BCUT2D eigenvalue weighted by Crippen LogP contribution is 2.43. The zero-order valence-corrected chi connectivity index (χ0v) is 78.5. The third-order valence-electron chi connectivity index (χ3n) is 23.6. The molecule has 2 saturated carbocycles. The molecule has 17 aromatic rings. The van der Waals surface area contributed by atoms with Gasteiger partial charge in [-0.05, 0) is 175 Å². The van der Waals surface area contributed by atoms with E-state index in [1.165, 1.54) is 39.2 Å². The number of carbonyl (C=O) groups excluding carboxylic acids is 2. The number of aromatic nitrogens is 18. The molecule has 9 aromatic heterocycles. The van der Waals surface area contributed by atoms with Crippen LogP contribution < -0.4 is 54.3 Å². The Kier molecular flexibility index (Phi) is 28.4. The van der Waals surface area contributed by atoms with Crippen molar-refractivity contribution in [3.05, 3.63) is 255 Å². The van der Waals surface area contributed by atoms with Gasteiger partial charge in [-0.2, -0.15) is 20.4 Å². The van der Waals surface area contributed by atoms with E-state index >= 15 is 0 Å². The predicted octanol–water partition coefficient (Wildman–Crippen LogP) is 18.7. The summed E-state index contributed by atoms with van der Waals surface area (Å²) in [5, 5.41) is 30.1. The van der Waals surface area contributed by atoms with Crippen LogP contribution in [0.4, 0.5) is 58.7 Å². The number of hydrogen-bond acceptors (Lipinski definition) is 25. The van der Waals surface area contributed by atoms with Gasteiger partial charge in [-0.15, -0.1) is 0 Å². The summed E-state index contributed by atoms with van der Waals surface area (Å²) < 4.78 is 79.0. The Morgan fingerprint density at radius 3 is 1.18 bits per heavy atom. The minimum Gasteiger partial charge on any atom is -0.497 e. The van der Waals surface area contributed by atoms with Gasteiger partial charge in [0.1, 0.15) is 46.5 Å². The van der Waals surface area contributed by atoms with E-state index in [-0.39, 0.29) is 24.5 Å². The van der Waals surface area contributed by atoms with Crippen LogP contribution in [0.5, 0.6) is 28.7 Å². The van der Waals surface area contributed by atoms with Crippen molar-refractivity contribution in [2.45, 2.75) is 104 Å². The molecule has 0 bridgehead atoms. The van der Waals surface area contributed by atoms with E-state index in [2.05, 4.69) is 90.7 Å². The van der Waals surface area contributed by atoms with E-state index in [4.69, 9.17) is 49.4 Å². The fourth-order valence-electron chi connectivity index (χ4n) is 15.5. The molecular weight excluding hydrogens is 1750 g/mol. The summed E-state index contributed by atoms with van der Waals surface area (Å²) in [5.41, 5.74) is 25.0. The fourth-order valence-corrected chi connectivity index (χ4v) is 15.5. The first-order valence-corrected chi connectivity index (χ1v) is 44.9. The van der Waals surface area contributed by atoms with Crippen LogP contribution in [0.3, 0.4) is 0 Å². The SMILES string of the molecule is CCn1ccnc1CN(c1cc(OC)cc(OC)c1)c1ccc2ncc(-c3cnn(C)c3)nc2c1.CNC(=O)c1cc(F)cc(N(CC2CC2)c2ccc3ncc(-c4cnn(C(C)C)c4)nc3c2)c1.COc1cc(C(N)=O)cc(N(CC2CC2)c2ccc3ncc(-c4cnn(C)c4)nc3c2)c1.COc1cc(OC)cc(N(CC(O)C(C)(F)F)c2ccc3ncc(-c4cnn(C(C)C)c4)nc3c2)c1. The molecule has 19 rings (SSSR count). The summed E-state index contributed by atoms with van der Waals surface area (Å²) in [4.78, 5) is 74.3. The van der Waals surface area contributed by atoms with Crippen LogP contribution in [0.15, 0.2) is 232 Å². The number of alkyl halides is 2. The number of hydrogen-bond donors (Lipinski definition) is 3. The summed E-state index contributed by atoms with van der Waals surface area (Å²) in [7, 11) is 13.2. The van der Waals surface area contributed by atoms with Crippen LogP contribution in [0.2, 0.25) is 0 Å². The zero-order chi connectivity index (χ0) is 96.5. The quantitative estimate of drug-likeness (QED) is 0.0363. The molecule has 35 heteroatoms. The number of anilines is 8. The highest BCUT2D eigenvalue weighted by molar-refractivity contribution is 5.96. The Morgan fingerprint density at radius 1 is 0.460 bits per heavy atom. The maximum atomic E-state index is 14.5. The number of nitrogens with zero attached hydrogens (tertiary/aromatic N) is 22. The molecule has 2 aliphatic rings. The summed E-state index contributed by atoms with van der Waals surface area (Å²) in [5.74, 6) is 0.540. The number of halogens is 3. The first kappa shape index (κ1) is 94.3. The van der Waals surface area contributed by atoms with Crippen LogP contribution >= 0.6 is 0 Å². The van der Waals surface area contributed by atoms with Crippen molar-refractivity contribution < 1.29 is 51.6 Å². The number of carbonyl (C=O) groups is 2. The van der Waals surface area contributed by atoms with Crippen LogP contribution in [-0.4, -0.2) is 180 Å². The average Bonchev–Trinajstić information content (AvgIpc) is 1.33. The number of nitrogens with two attached hydrogens (primary N) is 1. The lowest BCUT2D eigenvalue weighted by Crippen LogP contribution is -2.40. The second kappa shape index (κ2) is 41.3. The van der Waals surface area contributed by atoms with Gasteiger partial charge >= 0.3 is 0 Å². The first-order valence-electron chi connectivity index (χ1n) is 44.9. The Bertz CT molecular complexity index is 7140. The summed E-state index contributed by atoms with van der Waals surface area (Å²) >= 11 is 0. The molecule has 137 heavy (non-hydrogen) atoms. The second-order valence-corrected chi connectivity index (χ2v) is 34.2. The van der Waals surface area contributed by atoms with Crippen LogP contribution in [0.25, 0.3) is 89.2 Å². The van der Waals surface area contributed by atoms with Gasteiger partial charge in [-0.1, -0.05) is 0 Å². The van der Waals surface area contributed by atoms with Crippen LogP contribution in [-0.2, 0) is 27.2 Å². The largest absolute Gasteiger partial charge is 0.497 e. The number of ether oxygens (including phenoxy) is 5. The number of primary amides is 1. The second-order valence-electron chi connectivity index (χ2n) is 34.2. The third-order valence-corrected chi connectivity index (χ3v) is 23.6. The van der Waals surface area contributed by atoms with Crippen molar-refractivity contribution in [1.82, 2.24) is 93.9 Å². The van der Waals surface area contributed by atoms with E-state index in [0.29, 0.717) is 99.0 Å². The molecule has 0 saturated heterocycles. The lowest BCUT2D eigenvalue weighted by atomic mass is 10.1. The lowest BCUT2D eigenvalue weighted by molar-refractivity contribution is -0.0878. The number of nitrogens with one attached hydrogen (secondary N) is 1. The van der Waals surface area contributed by atoms with Gasteiger partial charge in [0.25, 0.3) is 11.8 Å². The predicted molar refractivity (Wildman–Crippen MR) is 523 cm³/mol. The van der Waals surface area contributed by atoms with Gasteiger partial charge in [-0.3, -0.25) is 48.3 Å². The molecule has 4 N–H and O–H groups in total. The standard InChI is InChI=1S/C26H29F2N5O3.C26H27FN6O.C26H27N7O2.C24H24N6O2/c1-16(2)33-14-17(12-30-33)24-13-29-22-7-6-18(10-23(22)31-24)32(15-25(34)26(3,27)28)19-8-20(35-4)11-21(9-19)36-5;1-16(2)33-15-19(12-30-33)25-13-29-23-7-6-21(11-24(23)31-25)32(14-17-4-5-17)22-9-18(26(34)28-3)8-20(27)10-22;1-5-32-9-8-27-26(32)17-33(20-10-21(34-3)13-22(11-20)35-4)19-6-7-23-24(12-19)30-25(15-28-23)18-14-29-31(2)16-18;1-29-14-17(11-27-29)23-12-26-21-6-5-18(10-22(21)28-23)30(13-15-3-4-15)19-7-16(24(25)31)8-20(9-19)32-2/h6-14,16,25,34H,15H2,1-5H3;6-13,15-17H,4-5,14H2,1-3H3,(H,28,34);6-16H,5,17H2,1-4H3;5-12,14-15H,3-4,13H2,1-2H3,(H2,25,31). The van der Waals surface area contributed by atoms with Crippen molar-refractivity contribution >= 4 is 101 Å². The smallest absolute Gasteiger partial charge is 0.272 e. The molecule has 32 nitrogen and oxygen atoms in total. The monoisotopic (exact) mass is 1850 g/mol. The number of benzene rings is 8. The average molecular weight is 1850 g/mol. The molecule has 0 aliphatic heterocycles. The Morgan fingerprint density at radius 2 is 0.825 bits per heavy atom. The van der Waals surface area contributed by atoms with Crippen LogP contribution in [0, 0.1) is 17.7 Å². The lowest BCUT2D eigenvalue weighted by Gasteiger charge is -2.30. The normalized spacial score (nSPS) is 12.6. The molecule has 2 fully saturated rings. The van der Waals surface area contributed by atoms with Gasteiger partial charge in [-0.25, -0.2) is 38.1 Å². The molecular formula is C102H107F3N24O8. The summed E-state index contributed by atoms with van der Waals surface area (Å²) in [6.07, 6.45) is 28.4. The van der Waals surface area contributed by atoms with Gasteiger partial charge in [0.15, 0.2) is 0 Å². The number of aryl methyl sites for hydroxylation is 3. The molecule has 2 amide bonds. The van der Waals surface area contributed by atoms with Gasteiger partial charge in [0.2, 0.25) is 5.91 Å². The summed E-state index contributed by atoms with van der Waals surface area (Å²) in [6, 6.07) is 44.5. The molecule has 2 aliphatic carbocycles. The molecule has 1 unspecified atom stereocenters. The van der Waals surface area contributed by atoms with E-state index < -0.39 is 23.8 Å². The molecule has 704 valence electrons. The van der Waals surface area contributed by atoms with Crippen molar-refractivity contribution in [3.8, 4) is 73.8 Å². The maximum absolute atomic E-state index is 14.5. The Balaban J connectivity index is 0.000000132. The van der Waals surface area contributed by atoms with Crippen molar-refractivity contribution in [2.24, 2.45) is 31.7 Å². The Hall–Kier alpha value is -15.9. The van der Waals surface area contributed by atoms with Crippen molar-refractivity contribution in [3.63, 3.8) is 0 Å². The molecule has 9 heterocycles. The number of imidazole rings is 1. The highest BCUT2D eigenvalue weighted by atomic mass is 19.3. The molecule has 1 atom stereocenters. The first-order chi connectivity index (χ1) is 66.1. The van der Waals surface area contributed by atoms with Gasteiger partial charge in [0.05, 0.1) is 165 Å². The van der Waals surface area contributed by atoms with Crippen LogP contribution in [0.1, 0.15) is 106 Å². The highest BCUT2D eigenvalue weighted by Gasteiger charge is 2.36. The van der Waals surface area contributed by atoms with E-state index in [0.717, 1.165) is 139 Å². The Labute approximate surface area is 789 Å². The number of methoxy groups -OCH3 is 5. The maximum Gasteiger partial charge on any atom is 0.272 e. The summed E-state index contributed by atoms with van der Waals surface area (Å²) in [6.45, 7) is 13.6. The topological polar surface area (TPSA) is 344 Å². The molecule has 8 aromatic carbocycles. The van der Waals surface area contributed by atoms with E-state index in [9.17, 15) is 27.9 Å². The van der Waals surface area contributed by atoms with E-state index in [1.54, 1.807) is 141 Å². The number of amides is 2. The third kappa shape index (κ3) is 22.6. The zero-order valence-electron chi connectivity index (χ0n) is 78.5. The van der Waals surface area contributed by atoms with Gasteiger partial charge < -0.3 is 64.0 Å². The fraction of sp³-hybridized carbons (Fsp3) is 0.284. The van der Waals surface area contributed by atoms with Crippen molar-refractivity contribution in [1.29, 1.82) is 0 Å². The molecule has 0 radical (unpaired) electrons. The minimum atomic E-state index is -3.30. The van der Waals surface area contributed by atoms with Gasteiger partial charge in [0, 0.05) is 218 Å². The number of rotatable bonds is 31. The minimum absolute atomic E-state index is 0.204. The number of aliphatic hydroxyl groups excluding tert-OH is 1. The van der Waals surface area contributed by atoms with E-state index in [1.807, 2.05) is 159 Å². The number of aliphatic hydroxyl groups is 1. The number of fused-ring (bicyclic) bond motifs is 4. The van der Waals surface area contributed by atoms with Crippen molar-refractivity contribution in [2.75, 3.05) is 81.8 Å².